The zero-order chi connectivity index (χ0) is 26.6. The number of rotatable bonds is 9. The van der Waals surface area contributed by atoms with Crippen molar-refractivity contribution in [3.8, 4) is 23.0 Å². The van der Waals surface area contributed by atoms with Gasteiger partial charge in [0.25, 0.3) is 0 Å². The minimum absolute atomic E-state index is 0.121. The first-order valence-electron chi connectivity index (χ1n) is 12.1. The normalized spacial score (nSPS) is 13.3. The van der Waals surface area contributed by atoms with E-state index in [1.165, 1.54) is 23.4 Å². The van der Waals surface area contributed by atoms with Crippen molar-refractivity contribution in [1.29, 1.82) is 0 Å². The predicted molar refractivity (Wildman–Crippen MR) is 135 cm³/mol. The van der Waals surface area contributed by atoms with Crippen molar-refractivity contribution in [2.75, 3.05) is 27.9 Å². The lowest BCUT2D eigenvalue weighted by atomic mass is 9.94. The van der Waals surface area contributed by atoms with Crippen LogP contribution in [0.3, 0.4) is 0 Å². The van der Waals surface area contributed by atoms with Crippen LogP contribution >= 0.6 is 0 Å². The van der Waals surface area contributed by atoms with Crippen molar-refractivity contribution >= 4 is 5.71 Å². The Labute approximate surface area is 215 Å². The topological polar surface area (TPSA) is 39.9 Å². The molecule has 0 amide bonds. The second-order valence-electron chi connectivity index (χ2n) is 8.77. The van der Waals surface area contributed by atoms with Gasteiger partial charge in [0.1, 0.15) is 13.2 Å². The number of hydrogen-bond donors (Lipinski definition) is 0. The monoisotopic (exact) mass is 514 g/mol. The Hall–Kier alpha value is -3.68. The molecule has 0 saturated heterocycles. The number of halogens is 3. The molecule has 0 atom stereocenters. The Kier molecular flexibility index (Phi) is 7.95. The van der Waals surface area contributed by atoms with Gasteiger partial charge in [0.05, 0.1) is 32.5 Å². The molecule has 3 aromatic carbocycles. The first-order valence-corrected chi connectivity index (χ1v) is 12.1. The highest BCUT2D eigenvalue weighted by Crippen LogP contribution is 2.36. The van der Waals surface area contributed by atoms with Crippen molar-refractivity contribution in [1.82, 2.24) is 0 Å². The van der Waals surface area contributed by atoms with Crippen molar-refractivity contribution in [2.45, 2.75) is 39.1 Å². The maximum Gasteiger partial charge on any atom is 0.416 e. The van der Waals surface area contributed by atoms with Gasteiger partial charge in [-0.1, -0.05) is 25.1 Å². The third-order valence-corrected chi connectivity index (χ3v) is 6.59. The Balaban J connectivity index is 1.63. The standard InChI is InChI=1S/C29H31F3NO4/c1-5-24-23-16-27(36-4)26(35-3)15-20(23)13-14-33(24)17-21-7-6-8-25(34-2)28(21)37-18-19-9-11-22(12-10-19)29(30,31)32/h6-12,15-16H,5,13-14,17-18H2,1-4H3/q+1. The van der Waals surface area contributed by atoms with Gasteiger partial charge < -0.3 is 18.9 Å². The summed E-state index contributed by atoms with van der Waals surface area (Å²) in [5, 5.41) is 0. The minimum Gasteiger partial charge on any atom is -0.493 e. The zero-order valence-electron chi connectivity index (χ0n) is 21.4. The molecule has 5 nitrogen and oxygen atoms in total. The van der Waals surface area contributed by atoms with Gasteiger partial charge >= 0.3 is 6.18 Å². The highest BCUT2D eigenvalue weighted by Gasteiger charge is 2.30. The third kappa shape index (κ3) is 5.68. The summed E-state index contributed by atoms with van der Waals surface area (Å²) in [5.41, 5.74) is 4.44. The number of alkyl halides is 3. The summed E-state index contributed by atoms with van der Waals surface area (Å²) in [6, 6.07) is 14.8. The summed E-state index contributed by atoms with van der Waals surface area (Å²) >= 11 is 0. The van der Waals surface area contributed by atoms with Gasteiger partial charge in [-0.15, -0.1) is 0 Å². The molecule has 1 heterocycles. The molecule has 0 aliphatic carbocycles. The number of fused-ring (bicyclic) bond motifs is 1. The number of nitrogens with zero attached hydrogens (tertiary/aromatic N) is 1. The van der Waals surface area contributed by atoms with Gasteiger partial charge in [-0.25, -0.2) is 4.58 Å². The lowest BCUT2D eigenvalue weighted by molar-refractivity contribution is -0.545. The summed E-state index contributed by atoms with van der Waals surface area (Å²) in [6.45, 7) is 3.66. The number of benzene rings is 3. The number of para-hydroxylation sites is 1. The van der Waals surface area contributed by atoms with E-state index in [-0.39, 0.29) is 6.61 Å². The molecule has 0 bridgehead atoms. The molecule has 0 N–H and O–H groups in total. The van der Waals surface area contributed by atoms with E-state index in [0.29, 0.717) is 29.4 Å². The highest BCUT2D eigenvalue weighted by molar-refractivity contribution is 5.99. The van der Waals surface area contributed by atoms with Crippen LogP contribution in [0.5, 0.6) is 23.0 Å². The largest absolute Gasteiger partial charge is 0.493 e. The number of hydrogen-bond acceptors (Lipinski definition) is 4. The lowest BCUT2D eigenvalue weighted by Crippen LogP contribution is -2.29. The van der Waals surface area contributed by atoms with Crippen LogP contribution in [0.1, 0.15) is 41.2 Å². The molecule has 0 aromatic heterocycles. The van der Waals surface area contributed by atoms with Crippen molar-refractivity contribution in [3.05, 3.63) is 82.4 Å². The van der Waals surface area contributed by atoms with Crippen LogP contribution in [-0.4, -0.2) is 38.2 Å². The first-order chi connectivity index (χ1) is 17.8. The van der Waals surface area contributed by atoms with E-state index in [2.05, 4.69) is 11.5 Å². The van der Waals surface area contributed by atoms with Crippen LogP contribution in [0.2, 0.25) is 0 Å². The van der Waals surface area contributed by atoms with Crippen molar-refractivity contribution < 1.29 is 36.7 Å². The molecule has 0 unspecified atom stereocenters. The molecular formula is C29H31F3NO4+. The number of methoxy groups -OCH3 is 3. The van der Waals surface area contributed by atoms with Crippen LogP contribution in [0.25, 0.3) is 0 Å². The third-order valence-electron chi connectivity index (χ3n) is 6.59. The Bertz CT molecular complexity index is 1280. The van der Waals surface area contributed by atoms with Crippen LogP contribution in [-0.2, 0) is 25.7 Å². The van der Waals surface area contributed by atoms with Gasteiger partial charge in [-0.05, 0) is 47.5 Å². The molecule has 3 aromatic rings. The second-order valence-corrected chi connectivity index (χ2v) is 8.77. The van der Waals surface area contributed by atoms with Gasteiger partial charge in [-0.2, -0.15) is 13.2 Å². The van der Waals surface area contributed by atoms with E-state index in [0.717, 1.165) is 48.4 Å². The maximum atomic E-state index is 12.9. The molecular weight excluding hydrogens is 483 g/mol. The summed E-state index contributed by atoms with van der Waals surface area (Å²) in [4.78, 5) is 0. The van der Waals surface area contributed by atoms with Crippen LogP contribution < -0.4 is 18.9 Å². The molecule has 8 heteroatoms. The Morgan fingerprint density at radius 2 is 1.54 bits per heavy atom. The summed E-state index contributed by atoms with van der Waals surface area (Å²) in [5.74, 6) is 2.57. The molecule has 0 fully saturated rings. The van der Waals surface area contributed by atoms with Gasteiger partial charge in [0, 0.05) is 18.4 Å². The molecule has 1 aliphatic rings. The smallest absolute Gasteiger partial charge is 0.416 e. The molecule has 37 heavy (non-hydrogen) atoms. The van der Waals surface area contributed by atoms with Crippen molar-refractivity contribution in [3.63, 3.8) is 0 Å². The van der Waals surface area contributed by atoms with Crippen LogP contribution in [0, 0.1) is 0 Å². The van der Waals surface area contributed by atoms with E-state index in [1.54, 1.807) is 21.3 Å². The first kappa shape index (κ1) is 26.4. The van der Waals surface area contributed by atoms with E-state index < -0.39 is 11.7 Å². The van der Waals surface area contributed by atoms with Gasteiger partial charge in [-0.3, -0.25) is 0 Å². The van der Waals surface area contributed by atoms with Crippen LogP contribution in [0.15, 0.2) is 54.6 Å². The molecule has 0 saturated carbocycles. The summed E-state index contributed by atoms with van der Waals surface area (Å²) in [6.07, 6.45) is -2.69. The SMILES string of the molecule is CCC1=[N+](Cc2cccc(OC)c2OCc2ccc(C(F)(F)F)cc2)CCc2cc(OC)c(OC)cc21. The second kappa shape index (κ2) is 11.2. The summed E-state index contributed by atoms with van der Waals surface area (Å²) < 4.78 is 63.8. The molecule has 4 rings (SSSR count). The predicted octanol–water partition coefficient (Wildman–Crippen LogP) is 6.28. The zero-order valence-corrected chi connectivity index (χ0v) is 21.4. The van der Waals surface area contributed by atoms with Gasteiger partial charge in [0.15, 0.2) is 35.3 Å². The van der Waals surface area contributed by atoms with E-state index in [1.807, 2.05) is 30.3 Å². The van der Waals surface area contributed by atoms with E-state index >= 15 is 0 Å². The minimum atomic E-state index is -4.37. The average molecular weight is 515 g/mol. The van der Waals surface area contributed by atoms with Crippen LogP contribution in [0.4, 0.5) is 13.2 Å². The molecule has 196 valence electrons. The Morgan fingerprint density at radius 1 is 0.865 bits per heavy atom. The summed E-state index contributed by atoms with van der Waals surface area (Å²) in [7, 11) is 4.84. The highest BCUT2D eigenvalue weighted by atomic mass is 19.4. The maximum absolute atomic E-state index is 12.9. The van der Waals surface area contributed by atoms with E-state index in [9.17, 15) is 13.2 Å². The van der Waals surface area contributed by atoms with E-state index in [4.69, 9.17) is 18.9 Å². The molecule has 0 spiro atoms. The fourth-order valence-corrected chi connectivity index (χ4v) is 4.71. The van der Waals surface area contributed by atoms with Gasteiger partial charge in [0.2, 0.25) is 0 Å². The quantitative estimate of drug-likeness (QED) is 0.315. The fraction of sp³-hybridized carbons (Fsp3) is 0.345. The average Bonchev–Trinajstić information content (AvgIpc) is 2.90. The van der Waals surface area contributed by atoms with Crippen molar-refractivity contribution in [2.24, 2.45) is 0 Å². The molecule has 1 aliphatic heterocycles. The molecule has 0 radical (unpaired) electrons. The fourth-order valence-electron chi connectivity index (χ4n) is 4.71. The Morgan fingerprint density at radius 3 is 2.16 bits per heavy atom. The lowest BCUT2D eigenvalue weighted by Gasteiger charge is -2.21. The number of ether oxygens (including phenoxy) is 4.